The van der Waals surface area contributed by atoms with Crippen LogP contribution < -0.4 is 0 Å². The lowest BCUT2D eigenvalue weighted by molar-refractivity contribution is -0.147. The number of esters is 1. The Labute approximate surface area is 190 Å². The van der Waals surface area contributed by atoms with Crippen LogP contribution in [0.2, 0.25) is 0 Å². The van der Waals surface area contributed by atoms with Gasteiger partial charge >= 0.3 is 5.97 Å². The first-order chi connectivity index (χ1) is 14.7. The van der Waals surface area contributed by atoms with Crippen molar-refractivity contribution in [2.45, 2.75) is 111 Å². The van der Waals surface area contributed by atoms with Gasteiger partial charge in [-0.05, 0) is 67.1 Å². The van der Waals surface area contributed by atoms with Gasteiger partial charge in [-0.15, -0.1) is 5.92 Å². The molecular weight excluding hydrogens is 384 g/mol. The number of ketones is 1. The first-order valence-corrected chi connectivity index (χ1v) is 12.9. The number of rotatable bonds is 6. The quantitative estimate of drug-likeness (QED) is 0.354. The van der Waals surface area contributed by atoms with Crippen LogP contribution in [-0.4, -0.2) is 17.9 Å². The van der Waals surface area contributed by atoms with Crippen LogP contribution in [0.5, 0.6) is 0 Å². The highest BCUT2D eigenvalue weighted by atomic mass is 16.5. The lowest BCUT2D eigenvalue weighted by Gasteiger charge is -2.49. The second-order valence-electron chi connectivity index (χ2n) is 11.4. The fourth-order valence-electron chi connectivity index (χ4n) is 7.30. The molecule has 3 nitrogen and oxygen atoms in total. The normalized spacial score (nSPS) is 36.7. The van der Waals surface area contributed by atoms with E-state index in [1.165, 1.54) is 45.4 Å². The van der Waals surface area contributed by atoms with Gasteiger partial charge in [0.1, 0.15) is 11.9 Å². The zero-order chi connectivity index (χ0) is 22.6. The molecule has 0 saturated heterocycles. The Hall–Kier alpha value is -1.30. The Balaban J connectivity index is 1.72. The maximum Gasteiger partial charge on any atom is 0.302 e. The van der Waals surface area contributed by atoms with Crippen LogP contribution in [0.25, 0.3) is 0 Å². The number of hydrogen-bond acceptors (Lipinski definition) is 3. The van der Waals surface area contributed by atoms with Gasteiger partial charge < -0.3 is 4.74 Å². The zero-order valence-corrected chi connectivity index (χ0v) is 20.5. The smallest absolute Gasteiger partial charge is 0.302 e. The molecule has 3 heteroatoms. The Morgan fingerprint density at radius 1 is 1.10 bits per heavy atom. The highest BCUT2D eigenvalue weighted by molar-refractivity contribution is 5.81. The zero-order valence-electron chi connectivity index (χ0n) is 20.5. The summed E-state index contributed by atoms with van der Waals surface area (Å²) in [7, 11) is 0. The molecule has 0 heterocycles. The molecule has 0 aliphatic heterocycles. The van der Waals surface area contributed by atoms with Crippen molar-refractivity contribution in [2.24, 2.45) is 40.9 Å². The maximum atomic E-state index is 13.2. The molecular formula is C28H44O3. The summed E-state index contributed by atoms with van der Waals surface area (Å²) in [5, 5.41) is 0. The summed E-state index contributed by atoms with van der Waals surface area (Å²) in [6, 6.07) is 0. The van der Waals surface area contributed by atoms with Gasteiger partial charge in [0.15, 0.2) is 0 Å². The molecule has 2 saturated carbocycles. The van der Waals surface area contributed by atoms with Gasteiger partial charge in [-0.25, -0.2) is 0 Å². The molecule has 0 N–H and O–H groups in total. The Morgan fingerprint density at radius 2 is 1.84 bits per heavy atom. The molecule has 3 aliphatic rings. The molecule has 0 bridgehead atoms. The lowest BCUT2D eigenvalue weighted by Crippen LogP contribution is -2.45. The van der Waals surface area contributed by atoms with Crippen LogP contribution in [0.4, 0.5) is 0 Å². The third-order valence-corrected chi connectivity index (χ3v) is 8.89. The summed E-state index contributed by atoms with van der Waals surface area (Å²) >= 11 is 0. The van der Waals surface area contributed by atoms with Gasteiger partial charge in [0.2, 0.25) is 0 Å². The molecule has 174 valence electrons. The second kappa shape index (κ2) is 10.5. The van der Waals surface area contributed by atoms with Crippen molar-refractivity contribution >= 4 is 11.8 Å². The van der Waals surface area contributed by atoms with E-state index in [-0.39, 0.29) is 18.0 Å². The predicted octanol–water partition coefficient (Wildman–Crippen LogP) is 6.59. The second-order valence-corrected chi connectivity index (χ2v) is 11.4. The van der Waals surface area contributed by atoms with Crippen molar-refractivity contribution < 1.29 is 14.3 Å². The van der Waals surface area contributed by atoms with Gasteiger partial charge in [0.05, 0.1) is 0 Å². The number of carbonyl (C=O) groups is 2. The summed E-state index contributed by atoms with van der Waals surface area (Å²) in [6.07, 6.45) is 11.1. The molecule has 0 unspecified atom stereocenters. The minimum Gasteiger partial charge on any atom is -0.462 e. The van der Waals surface area contributed by atoms with Crippen LogP contribution in [-0.2, 0) is 14.3 Å². The molecule has 2 fully saturated rings. The minimum absolute atomic E-state index is 0.151. The Bertz CT molecular complexity index is 699. The summed E-state index contributed by atoms with van der Waals surface area (Å²) < 4.78 is 5.39. The van der Waals surface area contributed by atoms with Crippen molar-refractivity contribution in [1.29, 1.82) is 0 Å². The van der Waals surface area contributed by atoms with Crippen LogP contribution >= 0.6 is 0 Å². The number of ether oxygens (including phenoxy) is 1. The monoisotopic (exact) mass is 428 g/mol. The molecule has 0 spiro atoms. The van der Waals surface area contributed by atoms with Gasteiger partial charge in [0, 0.05) is 32.1 Å². The molecule has 3 aliphatic carbocycles. The third kappa shape index (κ3) is 5.74. The molecule has 0 amide bonds. The van der Waals surface area contributed by atoms with E-state index >= 15 is 0 Å². The molecule has 0 aromatic heterocycles. The first-order valence-electron chi connectivity index (χ1n) is 12.9. The van der Waals surface area contributed by atoms with E-state index in [0.717, 1.165) is 30.6 Å². The van der Waals surface area contributed by atoms with Gasteiger partial charge in [0.25, 0.3) is 0 Å². The van der Waals surface area contributed by atoms with E-state index in [1.807, 2.05) is 0 Å². The summed E-state index contributed by atoms with van der Waals surface area (Å²) in [5.41, 5.74) is 0.366. The van der Waals surface area contributed by atoms with Crippen LogP contribution in [0.1, 0.15) is 105 Å². The highest BCUT2D eigenvalue weighted by Gasteiger charge is 2.55. The molecule has 3 rings (SSSR count). The fourth-order valence-corrected chi connectivity index (χ4v) is 7.30. The summed E-state index contributed by atoms with van der Waals surface area (Å²) in [6.45, 7) is 11.1. The Morgan fingerprint density at radius 3 is 2.55 bits per heavy atom. The summed E-state index contributed by atoms with van der Waals surface area (Å²) in [5.74, 6) is 10.4. The number of carbonyl (C=O) groups excluding carboxylic acids is 2. The van der Waals surface area contributed by atoms with E-state index in [2.05, 4.69) is 39.5 Å². The summed E-state index contributed by atoms with van der Waals surface area (Å²) in [4.78, 5) is 24.6. The fraction of sp³-hybridized carbons (Fsp3) is 0.857. The van der Waals surface area contributed by atoms with Gasteiger partial charge in [-0.3, -0.25) is 9.59 Å². The SMILES string of the molecule is CC(=O)O[C@@H]1CC#CC[C@@H]2[C@H](CC[C@]3(C)[C@@H]([C@H](C)CCCC(C)C)CC[C@@H]23)C(=O)CC1. The average Bonchev–Trinajstić information content (AvgIpc) is 3.05. The minimum atomic E-state index is -0.276. The largest absolute Gasteiger partial charge is 0.462 e. The molecule has 0 radical (unpaired) electrons. The van der Waals surface area contributed by atoms with Crippen molar-refractivity contribution in [3.05, 3.63) is 0 Å². The lowest BCUT2D eigenvalue weighted by atomic mass is 9.55. The topological polar surface area (TPSA) is 43.4 Å². The Kier molecular flexibility index (Phi) is 8.28. The van der Waals surface area contributed by atoms with E-state index in [1.54, 1.807) is 0 Å². The maximum absolute atomic E-state index is 13.2. The number of fused-ring (bicyclic) bond motifs is 3. The van der Waals surface area contributed by atoms with Crippen molar-refractivity contribution in [3.63, 3.8) is 0 Å². The van der Waals surface area contributed by atoms with Crippen molar-refractivity contribution in [2.75, 3.05) is 0 Å². The van der Waals surface area contributed by atoms with Crippen LogP contribution in [0, 0.1) is 52.8 Å². The van der Waals surface area contributed by atoms with Crippen molar-refractivity contribution in [1.82, 2.24) is 0 Å². The highest BCUT2D eigenvalue weighted by Crippen LogP contribution is 2.62. The van der Waals surface area contributed by atoms with Crippen LogP contribution in [0.15, 0.2) is 0 Å². The standard InChI is InChI=1S/C28H44O3/c1-19(2)9-8-10-20(3)25-14-15-26-23-12-7-6-11-22(31-21(4)29)13-16-27(30)24(23)17-18-28(25,26)5/h19-20,22-26H,8-18H2,1-5H3/t20-,22-,23-,24+,25-,26+,28-/m1/s1. The van der Waals surface area contributed by atoms with Gasteiger partial charge in [-0.2, -0.15) is 0 Å². The molecule has 0 aromatic carbocycles. The first kappa shape index (κ1) is 24.3. The van der Waals surface area contributed by atoms with E-state index < -0.39 is 0 Å². The van der Waals surface area contributed by atoms with Gasteiger partial charge in [-0.1, -0.05) is 52.9 Å². The molecule has 0 aromatic rings. The van der Waals surface area contributed by atoms with Crippen LogP contribution in [0.3, 0.4) is 0 Å². The average molecular weight is 429 g/mol. The van der Waals surface area contributed by atoms with E-state index in [0.29, 0.717) is 42.3 Å². The number of hydrogen-bond donors (Lipinski definition) is 0. The third-order valence-electron chi connectivity index (χ3n) is 8.89. The predicted molar refractivity (Wildman–Crippen MR) is 125 cm³/mol. The van der Waals surface area contributed by atoms with E-state index in [9.17, 15) is 9.59 Å². The number of Topliss-reactive ketones (excluding diaryl/α,β-unsaturated/α-hetero) is 1. The van der Waals surface area contributed by atoms with E-state index in [4.69, 9.17) is 4.74 Å². The molecule has 31 heavy (non-hydrogen) atoms. The van der Waals surface area contributed by atoms with Crippen molar-refractivity contribution in [3.8, 4) is 11.8 Å². The molecule has 7 atom stereocenters.